The number of methoxy groups -OCH3 is 1. The molecule has 0 aliphatic carbocycles. The molecular formula is C11H9Cl2N5O3. The normalized spacial score (nSPS) is 10.2. The Hall–Kier alpha value is -2.19. The van der Waals surface area contributed by atoms with E-state index < -0.39 is 11.9 Å². The molecule has 2 heterocycles. The van der Waals surface area contributed by atoms with Gasteiger partial charge in [-0.2, -0.15) is 5.10 Å². The van der Waals surface area contributed by atoms with Gasteiger partial charge in [-0.1, -0.05) is 23.2 Å². The third kappa shape index (κ3) is 3.89. The molecule has 0 aromatic carbocycles. The minimum atomic E-state index is -0.519. The summed E-state index contributed by atoms with van der Waals surface area (Å²) in [6.07, 6.45) is 2.85. The molecule has 1 amide bonds. The van der Waals surface area contributed by atoms with Gasteiger partial charge < -0.3 is 10.1 Å². The van der Waals surface area contributed by atoms with Crippen LogP contribution >= 0.6 is 23.2 Å². The fraction of sp³-hybridized carbons (Fsp3) is 0.182. The molecule has 21 heavy (non-hydrogen) atoms. The molecule has 0 bridgehead atoms. The first-order valence-electron chi connectivity index (χ1n) is 5.59. The van der Waals surface area contributed by atoms with Gasteiger partial charge in [0.25, 0.3) is 5.91 Å². The maximum atomic E-state index is 12.0. The van der Waals surface area contributed by atoms with E-state index in [1.165, 1.54) is 30.3 Å². The van der Waals surface area contributed by atoms with Gasteiger partial charge in [0.2, 0.25) is 0 Å². The molecule has 0 aliphatic heterocycles. The Morgan fingerprint density at radius 3 is 2.86 bits per heavy atom. The van der Waals surface area contributed by atoms with Crippen molar-refractivity contribution in [2.45, 2.75) is 6.54 Å². The molecule has 0 radical (unpaired) electrons. The van der Waals surface area contributed by atoms with Crippen LogP contribution in [-0.4, -0.2) is 39.0 Å². The highest BCUT2D eigenvalue weighted by Gasteiger charge is 2.14. The number of carbonyl (C=O) groups excluding carboxylic acids is 2. The quantitative estimate of drug-likeness (QED) is 0.851. The maximum Gasteiger partial charge on any atom is 0.327 e. The van der Waals surface area contributed by atoms with Crippen LogP contribution in [0.3, 0.4) is 0 Å². The number of ether oxygens (including phenoxy) is 1. The van der Waals surface area contributed by atoms with Gasteiger partial charge in [-0.25, -0.2) is 0 Å². The number of anilines is 1. The van der Waals surface area contributed by atoms with Crippen molar-refractivity contribution in [2.75, 3.05) is 12.4 Å². The Balaban J connectivity index is 2.09. The average Bonchev–Trinajstić information content (AvgIpc) is 2.88. The molecule has 0 spiro atoms. The standard InChI is InChI=1S/C11H9Cl2N5O3/c1-21-9(19)5-18-4-6(3-14-18)15-11(20)7-2-8(12)16-17-10(7)13/h2-4H,5H2,1H3,(H,15,20). The molecule has 10 heteroatoms. The van der Waals surface area contributed by atoms with Gasteiger partial charge in [-0.05, 0) is 6.07 Å². The van der Waals surface area contributed by atoms with Crippen LogP contribution in [0, 0.1) is 0 Å². The molecular weight excluding hydrogens is 321 g/mol. The lowest BCUT2D eigenvalue weighted by molar-refractivity contribution is -0.141. The monoisotopic (exact) mass is 329 g/mol. The van der Waals surface area contributed by atoms with E-state index in [9.17, 15) is 9.59 Å². The van der Waals surface area contributed by atoms with E-state index in [2.05, 4.69) is 25.3 Å². The zero-order valence-electron chi connectivity index (χ0n) is 10.7. The van der Waals surface area contributed by atoms with E-state index >= 15 is 0 Å². The molecule has 2 aromatic heterocycles. The molecule has 2 rings (SSSR count). The summed E-state index contributed by atoms with van der Waals surface area (Å²) in [6, 6.07) is 1.30. The van der Waals surface area contributed by atoms with Crippen molar-refractivity contribution < 1.29 is 14.3 Å². The third-order valence-corrected chi connectivity index (χ3v) is 2.84. The lowest BCUT2D eigenvalue weighted by atomic mass is 10.3. The van der Waals surface area contributed by atoms with Crippen molar-refractivity contribution in [1.82, 2.24) is 20.0 Å². The Kier molecular flexibility index (Phi) is 4.71. The number of hydrogen-bond donors (Lipinski definition) is 1. The second-order valence-corrected chi connectivity index (χ2v) is 4.57. The SMILES string of the molecule is COC(=O)Cn1cc(NC(=O)c2cc(Cl)nnc2Cl)cn1. The molecule has 0 saturated heterocycles. The van der Waals surface area contributed by atoms with Gasteiger partial charge >= 0.3 is 5.97 Å². The number of rotatable bonds is 4. The van der Waals surface area contributed by atoms with Crippen LogP contribution in [0.25, 0.3) is 0 Å². The summed E-state index contributed by atoms with van der Waals surface area (Å²) in [5, 5.41) is 13.5. The largest absolute Gasteiger partial charge is 0.468 e. The van der Waals surface area contributed by atoms with Gasteiger partial charge in [0.15, 0.2) is 10.3 Å². The highest BCUT2D eigenvalue weighted by molar-refractivity contribution is 6.34. The first kappa shape index (κ1) is 15.2. The topological polar surface area (TPSA) is 99.0 Å². The van der Waals surface area contributed by atoms with E-state index in [0.29, 0.717) is 5.69 Å². The van der Waals surface area contributed by atoms with Crippen LogP contribution in [0.15, 0.2) is 18.5 Å². The molecule has 0 fully saturated rings. The second kappa shape index (κ2) is 6.51. The second-order valence-electron chi connectivity index (χ2n) is 3.83. The summed E-state index contributed by atoms with van der Waals surface area (Å²) in [6.45, 7) is -0.0598. The number of aromatic nitrogens is 4. The molecule has 0 unspecified atom stereocenters. The highest BCUT2D eigenvalue weighted by atomic mass is 35.5. The van der Waals surface area contributed by atoms with Crippen molar-refractivity contribution >= 4 is 40.8 Å². The number of amides is 1. The summed E-state index contributed by atoms with van der Waals surface area (Å²) >= 11 is 11.4. The van der Waals surface area contributed by atoms with E-state index in [0.717, 1.165) is 0 Å². The Labute approximate surface area is 129 Å². The van der Waals surface area contributed by atoms with Crippen molar-refractivity contribution in [1.29, 1.82) is 0 Å². The summed E-state index contributed by atoms with van der Waals surface area (Å²) in [5.41, 5.74) is 0.463. The van der Waals surface area contributed by atoms with E-state index in [1.807, 2.05) is 0 Å². The number of nitrogens with one attached hydrogen (secondary N) is 1. The molecule has 0 saturated carbocycles. The zero-order valence-corrected chi connectivity index (χ0v) is 12.2. The zero-order chi connectivity index (χ0) is 15.4. The lowest BCUT2D eigenvalue weighted by Gasteiger charge is -2.03. The van der Waals surface area contributed by atoms with Crippen LogP contribution in [0.2, 0.25) is 10.3 Å². The van der Waals surface area contributed by atoms with Crippen LogP contribution in [0.5, 0.6) is 0 Å². The number of halogens is 2. The molecule has 0 atom stereocenters. The van der Waals surface area contributed by atoms with E-state index in [-0.39, 0.29) is 22.4 Å². The van der Waals surface area contributed by atoms with E-state index in [1.54, 1.807) is 0 Å². The first-order valence-corrected chi connectivity index (χ1v) is 6.34. The predicted molar refractivity (Wildman–Crippen MR) is 74.2 cm³/mol. The highest BCUT2D eigenvalue weighted by Crippen LogP contribution is 2.17. The molecule has 0 aliphatic rings. The summed E-state index contributed by atoms with van der Waals surface area (Å²) < 4.78 is 5.83. The van der Waals surface area contributed by atoms with Crippen molar-refractivity contribution in [3.8, 4) is 0 Å². The van der Waals surface area contributed by atoms with E-state index in [4.69, 9.17) is 23.2 Å². The minimum Gasteiger partial charge on any atom is -0.468 e. The summed E-state index contributed by atoms with van der Waals surface area (Å²) in [4.78, 5) is 23.1. The lowest BCUT2D eigenvalue weighted by Crippen LogP contribution is -2.14. The molecule has 8 nitrogen and oxygen atoms in total. The van der Waals surface area contributed by atoms with Crippen LogP contribution in [0.1, 0.15) is 10.4 Å². The van der Waals surface area contributed by atoms with Gasteiger partial charge in [0.05, 0.1) is 24.6 Å². The van der Waals surface area contributed by atoms with Gasteiger partial charge in [0, 0.05) is 6.20 Å². The first-order chi connectivity index (χ1) is 9.99. The van der Waals surface area contributed by atoms with Gasteiger partial charge in [0.1, 0.15) is 6.54 Å². The van der Waals surface area contributed by atoms with Crippen molar-refractivity contribution in [3.05, 3.63) is 34.3 Å². The molecule has 1 N–H and O–H groups in total. The minimum absolute atomic E-state index is 0.0472. The van der Waals surface area contributed by atoms with Gasteiger partial charge in [-0.15, -0.1) is 10.2 Å². The van der Waals surface area contributed by atoms with Crippen molar-refractivity contribution in [3.63, 3.8) is 0 Å². The average molecular weight is 330 g/mol. The Bertz CT molecular complexity index is 688. The van der Waals surface area contributed by atoms with Crippen LogP contribution in [-0.2, 0) is 16.1 Å². The smallest absolute Gasteiger partial charge is 0.327 e. The van der Waals surface area contributed by atoms with Crippen LogP contribution < -0.4 is 5.32 Å². The van der Waals surface area contributed by atoms with Gasteiger partial charge in [-0.3, -0.25) is 14.3 Å². The number of carbonyl (C=O) groups is 2. The fourth-order valence-electron chi connectivity index (χ4n) is 1.42. The number of hydrogen-bond acceptors (Lipinski definition) is 6. The summed E-state index contributed by atoms with van der Waals surface area (Å²) in [5.74, 6) is -0.974. The Morgan fingerprint density at radius 1 is 1.38 bits per heavy atom. The summed E-state index contributed by atoms with van der Waals surface area (Å²) in [7, 11) is 1.27. The number of esters is 1. The van der Waals surface area contributed by atoms with Crippen molar-refractivity contribution in [2.24, 2.45) is 0 Å². The third-order valence-electron chi connectivity index (χ3n) is 2.37. The fourth-order valence-corrected chi connectivity index (χ4v) is 1.75. The predicted octanol–water partition coefficient (Wildman–Crippen LogP) is 1.41. The Morgan fingerprint density at radius 2 is 2.14 bits per heavy atom. The van der Waals surface area contributed by atoms with Crippen LogP contribution in [0.4, 0.5) is 5.69 Å². The molecule has 2 aromatic rings. The maximum absolute atomic E-state index is 12.0. The molecule has 110 valence electrons. The number of nitrogens with zero attached hydrogens (tertiary/aromatic N) is 4.